The number of hydrogen-bond acceptors (Lipinski definition) is 6. The Morgan fingerprint density at radius 2 is 1.42 bits per heavy atom. The van der Waals surface area contributed by atoms with E-state index in [2.05, 4.69) is 4.98 Å². The summed E-state index contributed by atoms with van der Waals surface area (Å²) >= 11 is 0. The summed E-state index contributed by atoms with van der Waals surface area (Å²) in [5.41, 5.74) is 1.24. The van der Waals surface area contributed by atoms with Crippen molar-refractivity contribution in [2.75, 3.05) is 11.5 Å². The summed E-state index contributed by atoms with van der Waals surface area (Å²) in [4.78, 5) is 16.8. The third-order valence-electron chi connectivity index (χ3n) is 5.75. The molecule has 0 unspecified atom stereocenters. The van der Waals surface area contributed by atoms with Gasteiger partial charge in [-0.2, -0.15) is 0 Å². The summed E-state index contributed by atoms with van der Waals surface area (Å²) in [7, 11) is -8.27. The van der Waals surface area contributed by atoms with Crippen LogP contribution >= 0.6 is 0 Å². The van der Waals surface area contributed by atoms with Crippen molar-refractivity contribution >= 4 is 31.0 Å². The van der Waals surface area contributed by atoms with Gasteiger partial charge in [0.15, 0.2) is 19.7 Å². The first-order valence-electron chi connectivity index (χ1n) is 11.4. The van der Waals surface area contributed by atoms with Crippen LogP contribution in [0, 0.1) is 5.82 Å². The van der Waals surface area contributed by atoms with Crippen molar-refractivity contribution < 1.29 is 26.0 Å². The predicted molar refractivity (Wildman–Crippen MR) is 135 cm³/mol. The number of carbonyl (C=O) groups excluding carboxylic acids is 1. The number of rotatable bonds is 9. The summed E-state index contributed by atoms with van der Waals surface area (Å²) in [5.74, 6) is -1.89. The highest BCUT2D eigenvalue weighted by Gasteiger charge is 2.37. The number of sulfone groups is 2. The number of benzene rings is 1. The molecule has 0 fully saturated rings. The zero-order chi connectivity index (χ0) is 26.1. The lowest BCUT2D eigenvalue weighted by Gasteiger charge is -2.09. The lowest BCUT2D eigenvalue weighted by atomic mass is 10.1. The fourth-order valence-electron chi connectivity index (χ4n) is 4.21. The lowest BCUT2D eigenvalue weighted by molar-refractivity contribution is 0.103. The topological polar surface area (TPSA) is 103 Å². The summed E-state index contributed by atoms with van der Waals surface area (Å²) in [6.45, 7) is 3.35. The zero-order valence-corrected chi connectivity index (χ0v) is 21.4. The molecule has 0 saturated heterocycles. The Morgan fingerprint density at radius 1 is 0.833 bits per heavy atom. The van der Waals surface area contributed by atoms with Gasteiger partial charge in [-0.3, -0.25) is 9.78 Å². The van der Waals surface area contributed by atoms with Crippen molar-refractivity contribution in [1.82, 2.24) is 9.38 Å². The van der Waals surface area contributed by atoms with Gasteiger partial charge in [-0.05, 0) is 72.5 Å². The van der Waals surface area contributed by atoms with E-state index in [1.165, 1.54) is 22.7 Å². The summed E-state index contributed by atoms with van der Waals surface area (Å²) in [6, 6.07) is 11.4. The molecule has 0 atom stereocenters. The van der Waals surface area contributed by atoms with Gasteiger partial charge in [0.2, 0.25) is 5.78 Å². The Labute approximate surface area is 209 Å². The average molecular weight is 529 g/mol. The van der Waals surface area contributed by atoms with Crippen LogP contribution in [0.2, 0.25) is 0 Å². The van der Waals surface area contributed by atoms with Gasteiger partial charge >= 0.3 is 0 Å². The van der Waals surface area contributed by atoms with Gasteiger partial charge in [0.1, 0.15) is 21.3 Å². The molecule has 1 aromatic carbocycles. The number of ketones is 1. The van der Waals surface area contributed by atoms with Gasteiger partial charge in [-0.15, -0.1) is 0 Å². The second kappa shape index (κ2) is 9.94. The third-order valence-corrected chi connectivity index (χ3v) is 9.83. The Kier molecular flexibility index (Phi) is 7.10. The number of aromatic nitrogens is 2. The van der Waals surface area contributed by atoms with E-state index in [0.29, 0.717) is 5.56 Å². The molecule has 4 aromatic rings. The van der Waals surface area contributed by atoms with Crippen molar-refractivity contribution in [3.8, 4) is 11.1 Å². The monoisotopic (exact) mass is 528 g/mol. The van der Waals surface area contributed by atoms with E-state index < -0.39 is 36.2 Å². The molecule has 188 valence electrons. The second-order valence-corrected chi connectivity index (χ2v) is 12.5. The van der Waals surface area contributed by atoms with Crippen molar-refractivity contribution in [2.45, 2.75) is 36.5 Å². The highest BCUT2D eigenvalue weighted by molar-refractivity contribution is 7.94. The number of hydrogen-bond donors (Lipinski definition) is 0. The van der Waals surface area contributed by atoms with Gasteiger partial charge < -0.3 is 4.40 Å². The minimum Gasteiger partial charge on any atom is -0.311 e. The standard InChI is InChI=1S/C26H25FN2O5S2/c1-3-15-35(31,32)25-22-17-20(18-9-12-28-13-10-18)11-14-29(22)23(26(25)36(33,34)16-4-2)24(30)19-5-7-21(27)8-6-19/h5-14,17H,3-4,15-16H2,1-2H3. The zero-order valence-electron chi connectivity index (χ0n) is 19.8. The average Bonchev–Trinajstić information content (AvgIpc) is 3.21. The van der Waals surface area contributed by atoms with Crippen molar-refractivity contribution in [1.29, 1.82) is 0 Å². The quantitative estimate of drug-likeness (QED) is 0.291. The Bertz CT molecular complexity index is 1640. The van der Waals surface area contributed by atoms with Gasteiger partial charge in [-0.1, -0.05) is 13.8 Å². The molecule has 7 nitrogen and oxygen atoms in total. The molecule has 0 aliphatic carbocycles. The van der Waals surface area contributed by atoms with E-state index >= 15 is 0 Å². The molecule has 0 aliphatic rings. The van der Waals surface area contributed by atoms with Crippen molar-refractivity contribution in [3.05, 3.63) is 84.2 Å². The SMILES string of the molecule is CCCS(=O)(=O)c1c(S(=O)(=O)CCC)c2cc(-c3ccncc3)ccn2c1C(=O)c1ccc(F)cc1. The Hall–Kier alpha value is -3.37. The summed E-state index contributed by atoms with van der Waals surface area (Å²) < 4.78 is 69.0. The molecule has 4 rings (SSSR count). The number of pyridine rings is 2. The molecular formula is C26H25FN2O5S2. The Morgan fingerprint density at radius 3 is 2.00 bits per heavy atom. The maximum atomic E-state index is 13.7. The third kappa shape index (κ3) is 4.70. The van der Waals surface area contributed by atoms with Crippen LogP contribution in [0.4, 0.5) is 4.39 Å². The molecule has 3 aromatic heterocycles. The van der Waals surface area contributed by atoms with Crippen LogP contribution in [0.3, 0.4) is 0 Å². The van der Waals surface area contributed by atoms with E-state index in [9.17, 15) is 26.0 Å². The van der Waals surface area contributed by atoms with E-state index in [0.717, 1.165) is 17.7 Å². The maximum Gasteiger partial charge on any atom is 0.211 e. The first-order valence-corrected chi connectivity index (χ1v) is 14.8. The second-order valence-electron chi connectivity index (χ2n) is 8.39. The van der Waals surface area contributed by atoms with Crippen LogP contribution < -0.4 is 0 Å². The molecule has 0 bridgehead atoms. The number of nitrogens with zero attached hydrogens (tertiary/aromatic N) is 2. The first-order chi connectivity index (χ1) is 17.1. The van der Waals surface area contributed by atoms with Crippen LogP contribution in [-0.2, 0) is 19.7 Å². The molecule has 36 heavy (non-hydrogen) atoms. The lowest BCUT2D eigenvalue weighted by Crippen LogP contribution is -2.17. The number of carbonyl (C=O) groups is 1. The molecular weight excluding hydrogens is 503 g/mol. The molecule has 0 spiro atoms. The van der Waals surface area contributed by atoms with E-state index in [-0.39, 0.29) is 46.0 Å². The van der Waals surface area contributed by atoms with Gasteiger partial charge in [-0.25, -0.2) is 21.2 Å². The van der Waals surface area contributed by atoms with Crippen LogP contribution in [0.25, 0.3) is 16.6 Å². The highest BCUT2D eigenvalue weighted by Crippen LogP contribution is 2.37. The number of fused-ring (bicyclic) bond motifs is 1. The number of halogens is 1. The summed E-state index contributed by atoms with van der Waals surface area (Å²) in [6.07, 6.45) is 5.17. The molecule has 0 amide bonds. The van der Waals surface area contributed by atoms with Crippen LogP contribution in [0.5, 0.6) is 0 Å². The fourth-order valence-corrected chi connectivity index (χ4v) is 8.18. The van der Waals surface area contributed by atoms with Crippen molar-refractivity contribution in [2.24, 2.45) is 0 Å². The minimum absolute atomic E-state index is 0.0430. The molecule has 0 aliphatic heterocycles. The fraction of sp³-hybridized carbons (Fsp3) is 0.231. The van der Waals surface area contributed by atoms with Gasteiger partial charge in [0, 0.05) is 24.2 Å². The van der Waals surface area contributed by atoms with E-state index in [1.54, 1.807) is 50.5 Å². The predicted octanol–water partition coefficient (Wildman–Crippen LogP) is 4.74. The normalized spacial score (nSPS) is 12.2. The minimum atomic E-state index is -4.18. The molecule has 3 heterocycles. The first kappa shape index (κ1) is 25.7. The maximum absolute atomic E-state index is 13.7. The van der Waals surface area contributed by atoms with Crippen LogP contribution in [-0.4, -0.2) is 43.5 Å². The van der Waals surface area contributed by atoms with Gasteiger partial charge in [0.05, 0.1) is 17.0 Å². The molecule has 0 radical (unpaired) electrons. The van der Waals surface area contributed by atoms with E-state index in [4.69, 9.17) is 0 Å². The smallest absolute Gasteiger partial charge is 0.211 e. The van der Waals surface area contributed by atoms with Gasteiger partial charge in [0.25, 0.3) is 0 Å². The van der Waals surface area contributed by atoms with E-state index in [1.807, 2.05) is 0 Å². The van der Waals surface area contributed by atoms with Crippen LogP contribution in [0.15, 0.2) is 76.9 Å². The Balaban J connectivity index is 2.16. The van der Waals surface area contributed by atoms with Crippen molar-refractivity contribution in [3.63, 3.8) is 0 Å². The largest absolute Gasteiger partial charge is 0.311 e. The molecule has 0 saturated carbocycles. The summed E-state index contributed by atoms with van der Waals surface area (Å²) in [5, 5.41) is 0. The molecule has 0 N–H and O–H groups in total. The highest BCUT2D eigenvalue weighted by atomic mass is 32.2. The molecule has 10 heteroatoms. The van der Waals surface area contributed by atoms with Crippen LogP contribution in [0.1, 0.15) is 42.7 Å².